The molecule has 94 valence electrons. The fourth-order valence-electron chi connectivity index (χ4n) is 2.73. The molecule has 0 atom stereocenters. The fourth-order valence-corrected chi connectivity index (χ4v) is 2.73. The van der Waals surface area contributed by atoms with Gasteiger partial charge in [0.25, 0.3) is 5.91 Å². The van der Waals surface area contributed by atoms with Gasteiger partial charge in [0, 0.05) is 6.42 Å². The van der Waals surface area contributed by atoms with Crippen molar-refractivity contribution in [2.24, 2.45) is 5.92 Å². The van der Waals surface area contributed by atoms with E-state index in [2.05, 4.69) is 5.32 Å². The van der Waals surface area contributed by atoms with Crippen LogP contribution in [0.5, 0.6) is 0 Å². The van der Waals surface area contributed by atoms with Crippen molar-refractivity contribution in [1.82, 2.24) is 15.1 Å². The van der Waals surface area contributed by atoms with E-state index < -0.39 is 18.0 Å². The van der Waals surface area contributed by atoms with E-state index in [0.29, 0.717) is 23.5 Å². The monoisotopic (exact) mass is 249 g/mol. The molecule has 1 fully saturated rings. The van der Waals surface area contributed by atoms with Crippen LogP contribution in [-0.4, -0.2) is 32.9 Å². The number of fused-ring (bicyclic) bond motifs is 4. The largest absolute Gasteiger partial charge is 0.464 e. The molecule has 3 rings (SSSR count). The van der Waals surface area contributed by atoms with E-state index in [1.807, 2.05) is 13.8 Å². The highest BCUT2D eigenvalue weighted by Gasteiger charge is 2.52. The summed E-state index contributed by atoms with van der Waals surface area (Å²) in [6, 6.07) is -0.497. The topological polar surface area (TPSA) is 90.0 Å². The van der Waals surface area contributed by atoms with Crippen LogP contribution in [0, 0.1) is 5.92 Å². The molecule has 0 saturated carbocycles. The molecule has 7 nitrogen and oxygen atoms in total. The molecule has 3 aliphatic heterocycles. The van der Waals surface area contributed by atoms with Gasteiger partial charge >= 0.3 is 12.1 Å². The summed E-state index contributed by atoms with van der Waals surface area (Å²) in [6.07, 6.45) is -0.795. The lowest BCUT2D eigenvalue weighted by Gasteiger charge is -2.27. The Morgan fingerprint density at radius 3 is 2.56 bits per heavy atom. The predicted molar refractivity (Wildman–Crippen MR) is 58.7 cm³/mol. The molecule has 0 aromatic carbocycles. The fraction of sp³-hybridized carbons (Fsp3) is 0.364. The van der Waals surface area contributed by atoms with Crippen LogP contribution in [0.4, 0.5) is 9.59 Å². The van der Waals surface area contributed by atoms with Crippen molar-refractivity contribution in [3.05, 3.63) is 22.8 Å². The van der Waals surface area contributed by atoms with E-state index in [-0.39, 0.29) is 11.6 Å². The predicted octanol–water partition coefficient (Wildman–Crippen LogP) is 1.01. The second-order valence-corrected chi connectivity index (χ2v) is 4.67. The summed E-state index contributed by atoms with van der Waals surface area (Å²) in [5.41, 5.74) is 1.71. The van der Waals surface area contributed by atoms with Gasteiger partial charge in [-0.25, -0.2) is 14.5 Å². The highest BCUT2D eigenvalue weighted by molar-refractivity contribution is 6.14. The second-order valence-electron chi connectivity index (χ2n) is 4.67. The summed E-state index contributed by atoms with van der Waals surface area (Å²) in [5.74, 6) is -0.572. The van der Waals surface area contributed by atoms with Crippen LogP contribution in [0.25, 0.3) is 0 Å². The van der Waals surface area contributed by atoms with E-state index in [4.69, 9.17) is 0 Å². The van der Waals surface area contributed by atoms with E-state index in [1.54, 1.807) is 0 Å². The van der Waals surface area contributed by atoms with Crippen LogP contribution in [0.2, 0.25) is 0 Å². The molecule has 0 aromatic rings. The van der Waals surface area contributed by atoms with E-state index in [9.17, 15) is 19.5 Å². The molecule has 0 spiro atoms. The first-order chi connectivity index (χ1) is 8.43. The number of carboxylic acid groups (broad SMARTS) is 1. The lowest BCUT2D eigenvalue weighted by atomic mass is 10.1. The molecule has 18 heavy (non-hydrogen) atoms. The highest BCUT2D eigenvalue weighted by atomic mass is 16.4. The number of carbonyl (C=O) groups excluding carboxylic acids is 2. The van der Waals surface area contributed by atoms with Crippen molar-refractivity contribution < 1.29 is 19.5 Å². The number of allylic oxidation sites excluding steroid dienone is 1. The highest BCUT2D eigenvalue weighted by Crippen LogP contribution is 2.48. The van der Waals surface area contributed by atoms with Gasteiger partial charge in [-0.1, -0.05) is 13.8 Å². The lowest BCUT2D eigenvalue weighted by Crippen LogP contribution is -2.34. The number of nitrogens with one attached hydrogen (secondary N) is 1. The molecule has 0 aliphatic carbocycles. The van der Waals surface area contributed by atoms with Crippen LogP contribution >= 0.6 is 0 Å². The van der Waals surface area contributed by atoms with Gasteiger partial charge in [0.1, 0.15) is 5.70 Å². The summed E-state index contributed by atoms with van der Waals surface area (Å²) in [7, 11) is 0. The van der Waals surface area contributed by atoms with Gasteiger partial charge in [-0.05, 0) is 5.92 Å². The van der Waals surface area contributed by atoms with Crippen LogP contribution in [0.1, 0.15) is 20.3 Å². The maximum absolute atomic E-state index is 11.7. The minimum atomic E-state index is -1.12. The van der Waals surface area contributed by atoms with Crippen molar-refractivity contribution in [3.63, 3.8) is 0 Å². The van der Waals surface area contributed by atoms with E-state index in [0.717, 1.165) is 4.90 Å². The zero-order chi connectivity index (χ0) is 13.2. The molecular weight excluding hydrogens is 238 g/mol. The van der Waals surface area contributed by atoms with Crippen LogP contribution in [0.3, 0.4) is 0 Å². The van der Waals surface area contributed by atoms with Crippen molar-refractivity contribution in [2.75, 3.05) is 0 Å². The quantitative estimate of drug-likeness (QED) is 0.679. The summed E-state index contributed by atoms with van der Waals surface area (Å²) in [5, 5.41) is 11.4. The average molecular weight is 249 g/mol. The number of rotatable bonds is 1. The number of nitrogens with zero attached hydrogens (tertiary/aromatic N) is 2. The summed E-state index contributed by atoms with van der Waals surface area (Å²) >= 11 is 0. The van der Waals surface area contributed by atoms with Crippen molar-refractivity contribution in [3.8, 4) is 0 Å². The third-order valence-corrected chi connectivity index (χ3v) is 3.29. The zero-order valence-corrected chi connectivity index (χ0v) is 9.85. The smallest absolute Gasteiger partial charge is 0.416 e. The number of imide groups is 1. The average Bonchev–Trinajstić information content (AvgIpc) is 2.88. The van der Waals surface area contributed by atoms with Crippen molar-refractivity contribution in [1.29, 1.82) is 0 Å². The molecular formula is C11H11N3O4. The van der Waals surface area contributed by atoms with Gasteiger partial charge in [-0.3, -0.25) is 15.0 Å². The first-order valence-electron chi connectivity index (χ1n) is 5.58. The molecule has 3 heterocycles. The Morgan fingerprint density at radius 2 is 2.00 bits per heavy atom. The molecule has 3 aliphatic rings. The van der Waals surface area contributed by atoms with Crippen molar-refractivity contribution in [2.45, 2.75) is 20.3 Å². The maximum atomic E-state index is 11.7. The number of hydrogen-bond acceptors (Lipinski definition) is 3. The lowest BCUT2D eigenvalue weighted by molar-refractivity contribution is -0.116. The number of hydrogen-bond donors (Lipinski definition) is 2. The molecule has 4 amide bonds. The van der Waals surface area contributed by atoms with Crippen molar-refractivity contribution >= 4 is 18.0 Å². The minimum absolute atomic E-state index is 0.0429. The Labute approximate surface area is 102 Å². The van der Waals surface area contributed by atoms with E-state index in [1.165, 1.54) is 4.90 Å². The Hall–Kier alpha value is -2.31. The molecule has 7 heteroatoms. The molecule has 0 unspecified atom stereocenters. The normalized spacial score (nSPS) is 21.5. The van der Waals surface area contributed by atoms with Gasteiger partial charge in [0.05, 0.1) is 17.1 Å². The summed E-state index contributed by atoms with van der Waals surface area (Å²) in [4.78, 5) is 37.0. The third-order valence-electron chi connectivity index (χ3n) is 3.29. The molecule has 2 bridgehead atoms. The maximum Gasteiger partial charge on any atom is 0.416 e. The number of amides is 4. The van der Waals surface area contributed by atoms with Gasteiger partial charge in [-0.15, -0.1) is 0 Å². The zero-order valence-electron chi connectivity index (χ0n) is 9.85. The minimum Gasteiger partial charge on any atom is -0.464 e. The Bertz CT molecular complexity index is 573. The summed E-state index contributed by atoms with van der Waals surface area (Å²) < 4.78 is 0. The van der Waals surface area contributed by atoms with Gasteiger partial charge in [-0.2, -0.15) is 0 Å². The second kappa shape index (κ2) is 3.12. The molecule has 0 radical (unpaired) electrons. The Kier molecular flexibility index (Phi) is 1.88. The standard InChI is InChI=1S/C11H11N3O4/c1-4(2)7-5-3-6(14(7)11(17)18)8-9(15)12-10(16)13(5)8/h4H,3H2,1-2H3,(H,17,18)(H,12,15,16). The van der Waals surface area contributed by atoms with Gasteiger partial charge in [0.2, 0.25) is 0 Å². The molecule has 1 saturated heterocycles. The summed E-state index contributed by atoms with van der Waals surface area (Å²) in [6.45, 7) is 3.71. The number of carbonyl (C=O) groups is 3. The SMILES string of the molecule is CC(C)C1=C2CC(=C3C(=O)NC(=O)N23)N1C(=O)O. The van der Waals surface area contributed by atoms with Crippen LogP contribution in [-0.2, 0) is 4.79 Å². The molecule has 2 N–H and O–H groups in total. The molecule has 0 aromatic heterocycles. The van der Waals surface area contributed by atoms with E-state index >= 15 is 0 Å². The van der Waals surface area contributed by atoms with Crippen LogP contribution < -0.4 is 5.32 Å². The van der Waals surface area contributed by atoms with Gasteiger partial charge in [0.15, 0.2) is 0 Å². The Morgan fingerprint density at radius 1 is 1.33 bits per heavy atom. The first-order valence-corrected chi connectivity index (χ1v) is 5.58. The van der Waals surface area contributed by atoms with Gasteiger partial charge < -0.3 is 5.11 Å². The Balaban J connectivity index is 2.20. The third kappa shape index (κ3) is 1.06. The number of urea groups is 1. The van der Waals surface area contributed by atoms with Crippen LogP contribution in [0.15, 0.2) is 22.8 Å². The first kappa shape index (κ1) is 10.8.